The van der Waals surface area contributed by atoms with Gasteiger partial charge in [0.15, 0.2) is 0 Å². The van der Waals surface area contributed by atoms with Crippen LogP contribution in [-0.4, -0.2) is 127 Å². The first-order valence-corrected chi connectivity index (χ1v) is 30.3. The number of likely N-dealkylation sites (tertiary alicyclic amines) is 1. The van der Waals surface area contributed by atoms with Gasteiger partial charge in [0.05, 0.1) is 22.4 Å². The topological polar surface area (TPSA) is 165 Å². The van der Waals surface area contributed by atoms with Crippen LogP contribution in [0.25, 0.3) is 22.4 Å². The third kappa shape index (κ3) is 12.6. The highest BCUT2D eigenvalue weighted by Crippen LogP contribution is 2.44. The van der Waals surface area contributed by atoms with Gasteiger partial charge in [0.25, 0.3) is 19.9 Å². The summed E-state index contributed by atoms with van der Waals surface area (Å²) in [5.41, 5.74) is -0.730. The molecule has 0 bridgehead atoms. The number of aromatic nitrogens is 1. The first-order valence-electron chi connectivity index (χ1n) is 24.5. The number of aliphatic hydroxyl groups is 1. The van der Waals surface area contributed by atoms with E-state index in [0.29, 0.717) is 99.7 Å². The molecule has 22 heteroatoms. The highest BCUT2D eigenvalue weighted by atomic mass is 35.5. The third-order valence-electron chi connectivity index (χ3n) is 13.7. The molecular formula is C53H61ClF3N7O7S4. The molecule has 2 fully saturated rings. The van der Waals surface area contributed by atoms with Crippen molar-refractivity contribution in [3.8, 4) is 22.4 Å². The summed E-state index contributed by atoms with van der Waals surface area (Å²) in [5, 5.41) is 13.6. The molecule has 0 unspecified atom stereocenters. The Hall–Kier alpha value is -5.26. The van der Waals surface area contributed by atoms with Gasteiger partial charge in [-0.1, -0.05) is 54.1 Å². The van der Waals surface area contributed by atoms with E-state index >= 15 is 0 Å². The summed E-state index contributed by atoms with van der Waals surface area (Å²) < 4.78 is 131. The van der Waals surface area contributed by atoms with Crippen LogP contribution in [0.1, 0.15) is 31.9 Å². The fourth-order valence-electron chi connectivity index (χ4n) is 9.57. The molecular weight excluding hydrogens is 1070 g/mol. The lowest BCUT2D eigenvalue weighted by molar-refractivity contribution is -0.0435. The van der Waals surface area contributed by atoms with Gasteiger partial charge in [0.2, 0.25) is 10.0 Å². The van der Waals surface area contributed by atoms with Gasteiger partial charge in [-0.2, -0.15) is 13.2 Å². The van der Waals surface area contributed by atoms with E-state index in [0.717, 1.165) is 45.2 Å². The van der Waals surface area contributed by atoms with Crippen molar-refractivity contribution in [1.82, 2.24) is 13.8 Å². The third-order valence-corrected chi connectivity index (χ3v) is 20.0. The Morgan fingerprint density at radius 3 is 2.03 bits per heavy atom. The highest BCUT2D eigenvalue weighted by molar-refractivity contribution is 7.99. The molecule has 0 saturated carbocycles. The number of piperidine rings is 1. The van der Waals surface area contributed by atoms with Crippen molar-refractivity contribution in [2.45, 2.75) is 76.9 Å². The van der Waals surface area contributed by atoms with Gasteiger partial charge in [-0.25, -0.2) is 29.6 Å². The highest BCUT2D eigenvalue weighted by Gasteiger charge is 2.48. The fraction of sp³-hybridized carbons (Fsp3) is 0.358. The van der Waals surface area contributed by atoms with Crippen molar-refractivity contribution in [3.63, 3.8) is 0 Å². The number of sulfonamides is 2. The Balaban J connectivity index is 0.979. The lowest BCUT2D eigenvalue weighted by Gasteiger charge is -2.37. The number of piperazine rings is 1. The van der Waals surface area contributed by atoms with Crippen LogP contribution in [0, 0.1) is 6.92 Å². The predicted molar refractivity (Wildman–Crippen MR) is 294 cm³/mol. The number of anilines is 4. The first-order chi connectivity index (χ1) is 35.6. The maximum Gasteiger partial charge on any atom is 0.501 e. The number of nitrogens with one attached hydrogen (secondary N) is 2. The van der Waals surface area contributed by atoms with Gasteiger partial charge in [0, 0.05) is 116 Å². The number of rotatable bonds is 19. The molecule has 3 N–H and O–H groups in total. The SMILES string of the molecule is CCn1c(C)c(S(=O)(=O)N(C)C)c(-c2cccc(N3CCN(c4ccc(NS(=O)(=O)c5ccc(N[C@H](CCN6CCC(O)CC6)CSc6ccccc6)c(S(=O)(=O)C(F)(F)F)c5)cc4)CC3)c2)c1-c1ccc(Cl)cc1. The molecule has 8 rings (SSSR count). The van der Waals surface area contributed by atoms with Crippen molar-refractivity contribution in [2.75, 3.05) is 85.5 Å². The van der Waals surface area contributed by atoms with Gasteiger partial charge in [-0.3, -0.25) is 4.72 Å². The number of hydrogen-bond donors (Lipinski definition) is 3. The second-order valence-corrected chi connectivity index (χ2v) is 26.0. The summed E-state index contributed by atoms with van der Waals surface area (Å²) in [7, 11) is -11.5. The van der Waals surface area contributed by atoms with Gasteiger partial charge in [0.1, 0.15) is 9.79 Å². The molecule has 0 amide bonds. The minimum absolute atomic E-state index is 0.112. The van der Waals surface area contributed by atoms with Crippen molar-refractivity contribution in [2.24, 2.45) is 0 Å². The van der Waals surface area contributed by atoms with Gasteiger partial charge in [-0.15, -0.1) is 11.8 Å². The van der Waals surface area contributed by atoms with Crippen LogP contribution in [0.2, 0.25) is 5.02 Å². The van der Waals surface area contributed by atoms with Crippen LogP contribution >= 0.6 is 23.4 Å². The van der Waals surface area contributed by atoms with Gasteiger partial charge >= 0.3 is 5.51 Å². The van der Waals surface area contributed by atoms with E-state index in [2.05, 4.69) is 24.7 Å². The number of hydrogen-bond acceptors (Lipinski definition) is 12. The van der Waals surface area contributed by atoms with E-state index in [1.807, 2.05) is 85.1 Å². The van der Waals surface area contributed by atoms with E-state index in [1.54, 1.807) is 24.3 Å². The summed E-state index contributed by atoms with van der Waals surface area (Å²) in [4.78, 5) is 5.76. The van der Waals surface area contributed by atoms with Crippen molar-refractivity contribution < 1.29 is 43.5 Å². The summed E-state index contributed by atoms with van der Waals surface area (Å²) in [6, 6.07) is 33.3. The van der Waals surface area contributed by atoms with Crippen LogP contribution in [0.4, 0.5) is 35.9 Å². The summed E-state index contributed by atoms with van der Waals surface area (Å²) >= 11 is 7.73. The number of thioether (sulfide) groups is 1. The molecule has 0 spiro atoms. The Bertz CT molecular complexity index is 3300. The normalized spacial score (nSPS) is 15.9. The number of halogens is 4. The maximum atomic E-state index is 14.3. The zero-order valence-electron chi connectivity index (χ0n) is 42.0. The molecule has 14 nitrogen and oxygen atoms in total. The number of sulfone groups is 1. The van der Waals surface area contributed by atoms with Crippen LogP contribution in [-0.2, 0) is 36.4 Å². The maximum absolute atomic E-state index is 14.3. The molecule has 2 aliphatic heterocycles. The average Bonchev–Trinajstić information content (AvgIpc) is 3.70. The minimum atomic E-state index is -6.03. The average molecular weight is 1130 g/mol. The van der Waals surface area contributed by atoms with Crippen LogP contribution in [0.5, 0.6) is 0 Å². The van der Waals surface area contributed by atoms with E-state index in [1.165, 1.54) is 42.3 Å². The largest absolute Gasteiger partial charge is 0.501 e. The van der Waals surface area contributed by atoms with E-state index in [9.17, 15) is 43.5 Å². The molecule has 3 heterocycles. The Labute approximate surface area is 447 Å². The molecule has 6 aromatic rings. The number of alkyl halides is 3. The van der Waals surface area contributed by atoms with Gasteiger partial charge < -0.3 is 29.7 Å². The second-order valence-electron chi connectivity index (χ2n) is 18.8. The quantitative estimate of drug-likeness (QED) is 0.0659. The summed E-state index contributed by atoms with van der Waals surface area (Å²) in [5.74, 6) is 0.364. The summed E-state index contributed by atoms with van der Waals surface area (Å²) in [6.45, 7) is 8.54. The first kappa shape index (κ1) is 56.0. The van der Waals surface area contributed by atoms with Crippen molar-refractivity contribution >= 4 is 76.0 Å². The smallest absolute Gasteiger partial charge is 0.393 e. The van der Waals surface area contributed by atoms with E-state index in [4.69, 9.17) is 11.6 Å². The van der Waals surface area contributed by atoms with Crippen LogP contribution in [0.15, 0.2) is 141 Å². The predicted octanol–water partition coefficient (Wildman–Crippen LogP) is 9.89. The monoisotopic (exact) mass is 1130 g/mol. The zero-order chi connectivity index (χ0) is 53.9. The number of benzene rings is 5. The molecule has 0 radical (unpaired) electrons. The standard InChI is InChI=1S/C53H61ClF3N7O7S4/c1-5-64-37(2)52(75(70,71)60(3)4)50(51(64)38-14-16-40(54)17-15-38)39-10-9-11-44(34-39)63-32-30-62(31-33-63)43-20-18-41(19-21-43)59-74(68,69)47-22-23-48(49(35-47)73(66,67)53(55,56)57)58-42(36-72-46-12-7-6-8-13-46)24-27-61-28-25-45(65)26-29-61/h6-23,34-35,42,45,58-59,65H,5,24-33,36H2,1-4H3/t42-/m1/s1. The molecule has 0 aliphatic carbocycles. The second kappa shape index (κ2) is 23.1. The molecule has 1 aromatic heterocycles. The molecule has 2 saturated heterocycles. The molecule has 402 valence electrons. The van der Waals surface area contributed by atoms with Crippen LogP contribution in [0.3, 0.4) is 0 Å². The molecule has 5 aromatic carbocycles. The van der Waals surface area contributed by atoms with E-state index in [-0.39, 0.29) is 16.3 Å². The summed E-state index contributed by atoms with van der Waals surface area (Å²) in [6.07, 6.45) is 1.22. The van der Waals surface area contributed by atoms with E-state index < -0.39 is 57.3 Å². The molecule has 75 heavy (non-hydrogen) atoms. The number of aliphatic hydroxyl groups excluding tert-OH is 1. The molecule has 2 aliphatic rings. The van der Waals surface area contributed by atoms with Crippen molar-refractivity contribution in [3.05, 3.63) is 132 Å². The van der Waals surface area contributed by atoms with Crippen molar-refractivity contribution in [1.29, 1.82) is 0 Å². The van der Waals surface area contributed by atoms with Gasteiger partial charge in [-0.05, 0) is 123 Å². The lowest BCUT2D eigenvalue weighted by Crippen LogP contribution is -2.46. The lowest BCUT2D eigenvalue weighted by atomic mass is 10.00. The molecule has 1 atom stereocenters. The Morgan fingerprint density at radius 2 is 1.41 bits per heavy atom. The Kier molecular flexibility index (Phi) is 17.3. The minimum Gasteiger partial charge on any atom is -0.393 e. The van der Waals surface area contributed by atoms with Crippen LogP contribution < -0.4 is 19.8 Å². The zero-order valence-corrected chi connectivity index (χ0v) is 46.0. The number of nitrogens with zero attached hydrogens (tertiary/aromatic N) is 5. The fourth-order valence-corrected chi connectivity index (χ4v) is 14.1. The Morgan fingerprint density at radius 1 is 0.773 bits per heavy atom.